The Morgan fingerprint density at radius 2 is 2.20 bits per heavy atom. The molecule has 6 nitrogen and oxygen atoms in total. The van der Waals surface area contributed by atoms with Gasteiger partial charge in [0.2, 0.25) is 0 Å². The minimum absolute atomic E-state index is 0.273. The van der Waals surface area contributed by atoms with Gasteiger partial charge in [-0.05, 0) is 12.1 Å². The van der Waals surface area contributed by atoms with E-state index >= 15 is 0 Å². The highest BCUT2D eigenvalue weighted by Gasteiger charge is 2.37. The van der Waals surface area contributed by atoms with Crippen LogP contribution in [-0.4, -0.2) is 33.0 Å². The Labute approximate surface area is 115 Å². The Morgan fingerprint density at radius 1 is 1.40 bits per heavy atom. The van der Waals surface area contributed by atoms with Gasteiger partial charge in [0.25, 0.3) is 5.91 Å². The maximum Gasteiger partial charge on any atom is 0.331 e. The fourth-order valence-electron chi connectivity index (χ4n) is 2.60. The summed E-state index contributed by atoms with van der Waals surface area (Å²) in [6, 6.07) is 2.33. The van der Waals surface area contributed by atoms with Gasteiger partial charge in [0.1, 0.15) is 5.76 Å². The standard InChI is InChI=1S/C14H14N2O4/c1-15-5-2-9(8-15)13(17)16-6-3-11-10(4-7-20-11)12(16)14(18)19/h2,4-5,7-8,12H,3,6H2,1H3,(H,18,19). The zero-order valence-corrected chi connectivity index (χ0v) is 10.9. The number of carboxylic acids is 1. The van der Waals surface area contributed by atoms with Gasteiger partial charge in [-0.15, -0.1) is 0 Å². The second kappa shape index (κ2) is 4.56. The summed E-state index contributed by atoms with van der Waals surface area (Å²) < 4.78 is 7.03. The van der Waals surface area contributed by atoms with E-state index in [4.69, 9.17) is 4.42 Å². The minimum Gasteiger partial charge on any atom is -0.479 e. The highest BCUT2D eigenvalue weighted by molar-refractivity contribution is 5.97. The fraction of sp³-hybridized carbons (Fsp3) is 0.286. The van der Waals surface area contributed by atoms with Crippen LogP contribution < -0.4 is 0 Å². The minimum atomic E-state index is -1.04. The van der Waals surface area contributed by atoms with Gasteiger partial charge in [-0.25, -0.2) is 4.79 Å². The van der Waals surface area contributed by atoms with E-state index in [0.29, 0.717) is 29.9 Å². The maximum atomic E-state index is 12.5. The zero-order chi connectivity index (χ0) is 14.3. The van der Waals surface area contributed by atoms with Crippen molar-refractivity contribution < 1.29 is 19.1 Å². The second-order valence-corrected chi connectivity index (χ2v) is 4.85. The molecule has 104 valence electrons. The quantitative estimate of drug-likeness (QED) is 0.899. The molecule has 0 radical (unpaired) electrons. The lowest BCUT2D eigenvalue weighted by molar-refractivity contribution is -0.143. The van der Waals surface area contributed by atoms with Crippen molar-refractivity contribution in [2.45, 2.75) is 12.5 Å². The van der Waals surface area contributed by atoms with Crippen LogP contribution >= 0.6 is 0 Å². The van der Waals surface area contributed by atoms with Crippen LogP contribution in [0.15, 0.2) is 35.2 Å². The Hall–Kier alpha value is -2.50. The fourth-order valence-corrected chi connectivity index (χ4v) is 2.60. The SMILES string of the molecule is Cn1ccc(C(=O)N2CCc3occc3C2C(=O)O)c1. The van der Waals surface area contributed by atoms with Crippen molar-refractivity contribution in [3.63, 3.8) is 0 Å². The summed E-state index contributed by atoms with van der Waals surface area (Å²) in [5.74, 6) is -0.670. The number of carboxylic acid groups (broad SMARTS) is 1. The predicted octanol–water partition coefficient (Wildman–Crippen LogP) is 1.44. The normalized spacial score (nSPS) is 17.9. The molecule has 0 bridgehead atoms. The summed E-state index contributed by atoms with van der Waals surface area (Å²) in [6.45, 7) is 0.338. The molecule has 0 aromatic carbocycles. The molecule has 2 aromatic heterocycles. The summed E-state index contributed by atoms with van der Waals surface area (Å²) in [7, 11) is 1.82. The van der Waals surface area contributed by atoms with Gasteiger partial charge in [0.05, 0.1) is 11.8 Å². The summed E-state index contributed by atoms with van der Waals surface area (Å²) in [4.78, 5) is 25.4. The lowest BCUT2D eigenvalue weighted by Crippen LogP contribution is -2.43. The molecule has 1 N–H and O–H groups in total. The number of rotatable bonds is 2. The summed E-state index contributed by atoms with van der Waals surface area (Å²) in [5, 5.41) is 9.43. The second-order valence-electron chi connectivity index (χ2n) is 4.85. The van der Waals surface area contributed by atoms with E-state index in [-0.39, 0.29) is 5.91 Å². The highest BCUT2D eigenvalue weighted by Crippen LogP contribution is 2.31. The van der Waals surface area contributed by atoms with Crippen molar-refractivity contribution in [3.8, 4) is 0 Å². The average molecular weight is 274 g/mol. The molecule has 0 saturated heterocycles. The predicted molar refractivity (Wildman–Crippen MR) is 69.2 cm³/mol. The number of carbonyl (C=O) groups excluding carboxylic acids is 1. The molecule has 2 aromatic rings. The molecule has 1 amide bonds. The first-order valence-electron chi connectivity index (χ1n) is 6.30. The monoisotopic (exact) mass is 274 g/mol. The maximum absolute atomic E-state index is 12.5. The lowest BCUT2D eigenvalue weighted by Gasteiger charge is -2.32. The third-order valence-electron chi connectivity index (χ3n) is 3.54. The summed E-state index contributed by atoms with van der Waals surface area (Å²) in [6.07, 6.45) is 5.45. The molecular formula is C14H14N2O4. The van der Waals surface area contributed by atoms with Gasteiger partial charge < -0.3 is 19.0 Å². The summed E-state index contributed by atoms with van der Waals surface area (Å²) in [5.41, 5.74) is 1.05. The highest BCUT2D eigenvalue weighted by atomic mass is 16.4. The van der Waals surface area contributed by atoms with Crippen molar-refractivity contribution in [2.24, 2.45) is 7.05 Å². The van der Waals surface area contributed by atoms with Gasteiger partial charge in [-0.3, -0.25) is 4.79 Å². The van der Waals surface area contributed by atoms with Crippen LogP contribution in [0.3, 0.4) is 0 Å². The molecule has 0 aliphatic carbocycles. The molecule has 0 spiro atoms. The number of furan rings is 1. The van der Waals surface area contributed by atoms with Crippen LogP contribution in [0.5, 0.6) is 0 Å². The number of carbonyl (C=O) groups is 2. The van der Waals surface area contributed by atoms with Gasteiger partial charge in [-0.1, -0.05) is 0 Å². The van der Waals surface area contributed by atoms with Gasteiger partial charge in [-0.2, -0.15) is 0 Å². The van der Waals surface area contributed by atoms with Crippen LogP contribution in [0, 0.1) is 0 Å². The number of fused-ring (bicyclic) bond motifs is 1. The van der Waals surface area contributed by atoms with Gasteiger partial charge in [0.15, 0.2) is 6.04 Å². The first-order valence-corrected chi connectivity index (χ1v) is 6.30. The van der Waals surface area contributed by atoms with Crippen LogP contribution in [0.2, 0.25) is 0 Å². The number of aryl methyl sites for hydroxylation is 1. The Kier molecular flexibility index (Phi) is 2.85. The molecule has 1 unspecified atom stereocenters. The molecular weight excluding hydrogens is 260 g/mol. The van der Waals surface area contributed by atoms with Gasteiger partial charge >= 0.3 is 5.97 Å². The molecule has 3 rings (SSSR count). The average Bonchev–Trinajstić information content (AvgIpc) is 3.04. The van der Waals surface area contributed by atoms with Crippen molar-refractivity contribution in [1.29, 1.82) is 0 Å². The van der Waals surface area contributed by atoms with E-state index < -0.39 is 12.0 Å². The zero-order valence-electron chi connectivity index (χ0n) is 10.9. The van der Waals surface area contributed by atoms with Gasteiger partial charge in [0, 0.05) is 38.0 Å². The van der Waals surface area contributed by atoms with Crippen LogP contribution in [-0.2, 0) is 18.3 Å². The van der Waals surface area contributed by atoms with E-state index in [0.717, 1.165) is 0 Å². The van der Waals surface area contributed by atoms with Crippen LogP contribution in [0.1, 0.15) is 27.7 Å². The smallest absolute Gasteiger partial charge is 0.331 e. The Morgan fingerprint density at radius 3 is 2.85 bits per heavy atom. The lowest BCUT2D eigenvalue weighted by atomic mass is 9.98. The first-order chi connectivity index (χ1) is 9.58. The van der Waals surface area contributed by atoms with E-state index in [1.165, 1.54) is 11.2 Å². The third kappa shape index (κ3) is 1.89. The third-order valence-corrected chi connectivity index (χ3v) is 3.54. The molecule has 20 heavy (non-hydrogen) atoms. The van der Waals surface area contributed by atoms with E-state index in [1.807, 2.05) is 7.05 Å². The van der Waals surface area contributed by atoms with Crippen molar-refractivity contribution in [1.82, 2.24) is 9.47 Å². The Bertz CT molecular complexity index is 670. The van der Waals surface area contributed by atoms with Crippen molar-refractivity contribution >= 4 is 11.9 Å². The molecule has 3 heterocycles. The van der Waals surface area contributed by atoms with Crippen LogP contribution in [0.25, 0.3) is 0 Å². The largest absolute Gasteiger partial charge is 0.479 e. The number of hydrogen-bond donors (Lipinski definition) is 1. The van der Waals surface area contributed by atoms with E-state index in [9.17, 15) is 14.7 Å². The number of nitrogens with zero attached hydrogens (tertiary/aromatic N) is 2. The number of hydrogen-bond acceptors (Lipinski definition) is 3. The molecule has 1 aliphatic rings. The van der Waals surface area contributed by atoms with E-state index in [2.05, 4.69) is 0 Å². The molecule has 1 atom stereocenters. The number of amides is 1. The summed E-state index contributed by atoms with van der Waals surface area (Å²) >= 11 is 0. The number of aliphatic carboxylic acids is 1. The number of aromatic nitrogens is 1. The first kappa shape index (κ1) is 12.5. The molecule has 1 aliphatic heterocycles. The molecule has 0 fully saturated rings. The van der Waals surface area contributed by atoms with Crippen LogP contribution in [0.4, 0.5) is 0 Å². The van der Waals surface area contributed by atoms with Crippen molar-refractivity contribution in [3.05, 3.63) is 47.7 Å². The topological polar surface area (TPSA) is 75.7 Å². The Balaban J connectivity index is 1.97. The molecule has 0 saturated carbocycles. The molecule has 6 heteroatoms. The van der Waals surface area contributed by atoms with E-state index in [1.54, 1.807) is 29.1 Å². The van der Waals surface area contributed by atoms with Crippen molar-refractivity contribution in [2.75, 3.05) is 6.54 Å².